The molecule has 1 amide bonds. The van der Waals surface area contributed by atoms with Gasteiger partial charge in [-0.15, -0.1) is 0 Å². The molecule has 3 aromatic rings. The van der Waals surface area contributed by atoms with E-state index in [0.29, 0.717) is 5.69 Å². The van der Waals surface area contributed by atoms with E-state index < -0.39 is 0 Å². The number of benzene rings is 2. The van der Waals surface area contributed by atoms with Gasteiger partial charge >= 0.3 is 0 Å². The zero-order chi connectivity index (χ0) is 18.6. The Morgan fingerprint density at radius 1 is 1.15 bits per heavy atom. The summed E-state index contributed by atoms with van der Waals surface area (Å²) in [6.07, 6.45) is 7.01. The highest BCUT2D eigenvalue weighted by atomic mass is 16.5. The van der Waals surface area contributed by atoms with Crippen LogP contribution in [0.4, 0.5) is 0 Å². The van der Waals surface area contributed by atoms with Crippen LogP contribution >= 0.6 is 0 Å². The molecule has 1 aromatic heterocycles. The van der Waals surface area contributed by atoms with Crippen molar-refractivity contribution < 1.29 is 9.53 Å². The molecule has 5 heteroatoms. The van der Waals surface area contributed by atoms with Crippen molar-refractivity contribution in [1.29, 1.82) is 0 Å². The minimum Gasteiger partial charge on any atom is -0.497 e. The van der Waals surface area contributed by atoms with Gasteiger partial charge in [0.25, 0.3) is 0 Å². The van der Waals surface area contributed by atoms with E-state index >= 15 is 0 Å². The van der Waals surface area contributed by atoms with Crippen LogP contribution in [-0.4, -0.2) is 34.4 Å². The molecule has 1 atom stereocenters. The molecule has 136 valence electrons. The fourth-order valence-corrected chi connectivity index (χ4v) is 3.51. The molecule has 1 aliphatic heterocycles. The second-order valence-electron chi connectivity index (χ2n) is 6.58. The lowest BCUT2D eigenvalue weighted by molar-refractivity contribution is -0.126. The zero-order valence-corrected chi connectivity index (χ0v) is 15.2. The van der Waals surface area contributed by atoms with Crippen LogP contribution in [0.2, 0.25) is 0 Å². The van der Waals surface area contributed by atoms with E-state index in [-0.39, 0.29) is 11.9 Å². The number of para-hydroxylation sites is 2. The first kappa shape index (κ1) is 17.2. The summed E-state index contributed by atoms with van der Waals surface area (Å²) in [6.45, 7) is 0.767. The zero-order valence-electron chi connectivity index (χ0n) is 15.2. The summed E-state index contributed by atoms with van der Waals surface area (Å²) in [4.78, 5) is 23.6. The Balaban J connectivity index is 1.50. The summed E-state index contributed by atoms with van der Waals surface area (Å²) in [5.74, 6) is 0.827. The van der Waals surface area contributed by atoms with Gasteiger partial charge in [-0.3, -0.25) is 9.78 Å². The van der Waals surface area contributed by atoms with Crippen LogP contribution in [0.5, 0.6) is 5.75 Å². The Morgan fingerprint density at radius 2 is 1.93 bits per heavy atom. The van der Waals surface area contributed by atoms with E-state index in [0.717, 1.165) is 41.7 Å². The van der Waals surface area contributed by atoms with E-state index in [1.54, 1.807) is 25.5 Å². The molecular formula is C22H21N3O2. The molecule has 0 bridgehead atoms. The van der Waals surface area contributed by atoms with Gasteiger partial charge in [-0.25, -0.2) is 4.98 Å². The minimum atomic E-state index is 0.00303. The Kier molecular flexibility index (Phi) is 4.83. The Bertz CT molecular complexity index is 982. The van der Waals surface area contributed by atoms with Crippen molar-refractivity contribution in [2.75, 3.05) is 13.7 Å². The number of likely N-dealkylation sites (tertiary alicyclic amines) is 1. The maximum absolute atomic E-state index is 12.8. The van der Waals surface area contributed by atoms with Gasteiger partial charge < -0.3 is 9.64 Å². The van der Waals surface area contributed by atoms with Crippen molar-refractivity contribution in [3.8, 4) is 5.75 Å². The number of rotatable bonds is 4. The molecule has 1 unspecified atom stereocenters. The first-order valence-electron chi connectivity index (χ1n) is 9.09. The molecule has 5 nitrogen and oxygen atoms in total. The van der Waals surface area contributed by atoms with Crippen molar-refractivity contribution in [3.63, 3.8) is 0 Å². The van der Waals surface area contributed by atoms with Gasteiger partial charge in [-0.2, -0.15) is 0 Å². The Morgan fingerprint density at radius 3 is 2.70 bits per heavy atom. The molecule has 4 rings (SSSR count). The largest absolute Gasteiger partial charge is 0.497 e. The lowest BCUT2D eigenvalue weighted by Crippen LogP contribution is -2.28. The van der Waals surface area contributed by atoms with Crippen molar-refractivity contribution in [2.24, 2.45) is 0 Å². The number of ether oxygens (including phenoxy) is 1. The quantitative estimate of drug-likeness (QED) is 0.660. The normalized spacial score (nSPS) is 16.9. The number of aromatic nitrogens is 2. The standard InChI is InChI=1S/C22H21N3O2/c1-27-18-11-8-16(9-12-18)21-7-4-14-25(21)22(26)13-10-17-15-23-19-5-2-3-6-20(19)24-17/h2-3,5-6,8-13,15,21H,4,7,14H2,1H3/b13-10+. The Hall–Kier alpha value is -3.21. The number of nitrogens with zero attached hydrogens (tertiary/aromatic N) is 3. The number of hydrogen-bond donors (Lipinski definition) is 0. The lowest BCUT2D eigenvalue weighted by atomic mass is 10.0. The summed E-state index contributed by atoms with van der Waals surface area (Å²) in [6, 6.07) is 15.8. The third-order valence-electron chi connectivity index (χ3n) is 4.90. The molecule has 0 spiro atoms. The van der Waals surface area contributed by atoms with Crippen LogP contribution < -0.4 is 4.74 Å². The monoisotopic (exact) mass is 359 g/mol. The minimum absolute atomic E-state index is 0.00303. The first-order valence-corrected chi connectivity index (χ1v) is 9.09. The second-order valence-corrected chi connectivity index (χ2v) is 6.58. The average Bonchev–Trinajstić information content (AvgIpc) is 3.22. The number of fused-ring (bicyclic) bond motifs is 1. The maximum atomic E-state index is 12.8. The van der Waals surface area contributed by atoms with Crippen LogP contribution in [0.25, 0.3) is 17.1 Å². The predicted octanol–water partition coefficient (Wildman–Crippen LogP) is 4.02. The van der Waals surface area contributed by atoms with Crippen LogP contribution in [-0.2, 0) is 4.79 Å². The second kappa shape index (κ2) is 7.58. The molecule has 0 N–H and O–H groups in total. The summed E-state index contributed by atoms with van der Waals surface area (Å²) < 4.78 is 5.22. The van der Waals surface area contributed by atoms with Crippen molar-refractivity contribution in [3.05, 3.63) is 72.1 Å². The van der Waals surface area contributed by atoms with E-state index in [4.69, 9.17) is 4.74 Å². The van der Waals surface area contributed by atoms with Gasteiger partial charge in [0.15, 0.2) is 0 Å². The van der Waals surface area contributed by atoms with E-state index in [1.165, 1.54) is 0 Å². The van der Waals surface area contributed by atoms with E-state index in [2.05, 4.69) is 9.97 Å². The average molecular weight is 359 g/mol. The molecule has 1 aliphatic rings. The molecule has 0 radical (unpaired) electrons. The predicted molar refractivity (Wildman–Crippen MR) is 105 cm³/mol. The molecule has 0 aliphatic carbocycles. The van der Waals surface area contributed by atoms with Crippen LogP contribution in [0, 0.1) is 0 Å². The highest BCUT2D eigenvalue weighted by Crippen LogP contribution is 2.33. The maximum Gasteiger partial charge on any atom is 0.247 e. The summed E-state index contributed by atoms with van der Waals surface area (Å²) in [7, 11) is 1.65. The fraction of sp³-hybridized carbons (Fsp3) is 0.227. The molecule has 27 heavy (non-hydrogen) atoms. The van der Waals surface area contributed by atoms with Crippen molar-refractivity contribution >= 4 is 23.0 Å². The molecule has 2 heterocycles. The van der Waals surface area contributed by atoms with E-state index in [1.807, 2.05) is 53.4 Å². The topological polar surface area (TPSA) is 55.3 Å². The van der Waals surface area contributed by atoms with Crippen LogP contribution in [0.15, 0.2) is 60.8 Å². The fourth-order valence-electron chi connectivity index (χ4n) is 3.51. The number of hydrogen-bond acceptors (Lipinski definition) is 4. The molecule has 1 saturated heterocycles. The third kappa shape index (κ3) is 3.67. The summed E-state index contributed by atoms with van der Waals surface area (Å²) in [5, 5.41) is 0. The van der Waals surface area contributed by atoms with Crippen molar-refractivity contribution in [2.45, 2.75) is 18.9 Å². The summed E-state index contributed by atoms with van der Waals surface area (Å²) in [5.41, 5.74) is 3.49. The number of amides is 1. The third-order valence-corrected chi connectivity index (χ3v) is 4.90. The van der Waals surface area contributed by atoms with Crippen LogP contribution in [0.1, 0.15) is 30.1 Å². The van der Waals surface area contributed by atoms with Gasteiger partial charge in [0.05, 0.1) is 36.1 Å². The van der Waals surface area contributed by atoms with Gasteiger partial charge in [-0.05, 0) is 48.7 Å². The lowest BCUT2D eigenvalue weighted by Gasteiger charge is -2.24. The van der Waals surface area contributed by atoms with Gasteiger partial charge in [0, 0.05) is 12.6 Å². The highest BCUT2D eigenvalue weighted by molar-refractivity contribution is 5.92. The first-order chi connectivity index (χ1) is 13.2. The number of carbonyl (C=O) groups is 1. The van der Waals surface area contributed by atoms with Crippen LogP contribution in [0.3, 0.4) is 0 Å². The number of carbonyl (C=O) groups excluding carboxylic acids is 1. The Labute approximate surface area is 158 Å². The SMILES string of the molecule is COc1ccc(C2CCCN2C(=O)/C=C/c2cnc3ccccc3n2)cc1. The van der Waals surface area contributed by atoms with Gasteiger partial charge in [0.2, 0.25) is 5.91 Å². The molecular weight excluding hydrogens is 338 g/mol. The van der Waals surface area contributed by atoms with Crippen molar-refractivity contribution in [1.82, 2.24) is 14.9 Å². The highest BCUT2D eigenvalue weighted by Gasteiger charge is 2.28. The van der Waals surface area contributed by atoms with Gasteiger partial charge in [-0.1, -0.05) is 24.3 Å². The molecule has 0 saturated carbocycles. The summed E-state index contributed by atoms with van der Waals surface area (Å²) >= 11 is 0. The van der Waals surface area contributed by atoms with Gasteiger partial charge in [0.1, 0.15) is 5.75 Å². The molecule has 2 aromatic carbocycles. The van der Waals surface area contributed by atoms with E-state index in [9.17, 15) is 4.79 Å². The smallest absolute Gasteiger partial charge is 0.247 e. The number of methoxy groups -OCH3 is 1. The molecule has 1 fully saturated rings.